The molecule has 2 N–H and O–H groups in total. The molecule has 0 saturated heterocycles. The van der Waals surface area contributed by atoms with E-state index in [1.807, 2.05) is 12.1 Å². The van der Waals surface area contributed by atoms with Crippen LogP contribution >= 0.6 is 0 Å². The molecule has 0 saturated carbocycles. The van der Waals surface area contributed by atoms with Crippen LogP contribution in [0.2, 0.25) is 0 Å². The minimum atomic E-state index is 0.753. The monoisotopic (exact) mass is 236 g/mol. The van der Waals surface area contributed by atoms with E-state index in [2.05, 4.69) is 31.1 Å². The lowest BCUT2D eigenvalue weighted by atomic mass is 10.1. The third kappa shape index (κ3) is 6.29. The van der Waals surface area contributed by atoms with Crippen LogP contribution in [0.25, 0.3) is 0 Å². The maximum Gasteiger partial charge on any atom is 0.119 e. The Morgan fingerprint density at radius 3 is 2.41 bits per heavy atom. The van der Waals surface area contributed by atoms with Gasteiger partial charge in [-0.1, -0.05) is 12.1 Å². The van der Waals surface area contributed by atoms with Gasteiger partial charge in [-0.15, -0.1) is 0 Å². The fourth-order valence-corrected chi connectivity index (χ4v) is 1.63. The van der Waals surface area contributed by atoms with E-state index in [0.717, 1.165) is 44.7 Å². The Morgan fingerprint density at radius 1 is 1.12 bits per heavy atom. The summed E-state index contributed by atoms with van der Waals surface area (Å²) in [5.74, 6) is 0.959. The third-order valence-corrected chi connectivity index (χ3v) is 2.61. The van der Waals surface area contributed by atoms with Crippen molar-refractivity contribution in [1.82, 2.24) is 4.90 Å². The van der Waals surface area contributed by atoms with E-state index in [4.69, 9.17) is 10.5 Å². The SMILES string of the molecule is CN(C)CCCOc1ccc(CCCN)cc1. The van der Waals surface area contributed by atoms with Crippen LogP contribution in [0.5, 0.6) is 5.75 Å². The molecule has 17 heavy (non-hydrogen) atoms. The van der Waals surface area contributed by atoms with Gasteiger partial charge in [0, 0.05) is 6.54 Å². The van der Waals surface area contributed by atoms with Gasteiger partial charge in [-0.05, 0) is 57.6 Å². The van der Waals surface area contributed by atoms with E-state index in [9.17, 15) is 0 Å². The molecular weight excluding hydrogens is 212 g/mol. The Labute approximate surface area is 105 Å². The van der Waals surface area contributed by atoms with Crippen molar-refractivity contribution in [1.29, 1.82) is 0 Å². The van der Waals surface area contributed by atoms with Gasteiger partial charge in [0.15, 0.2) is 0 Å². The highest BCUT2D eigenvalue weighted by molar-refractivity contribution is 5.27. The molecule has 3 heteroatoms. The Hall–Kier alpha value is -1.06. The molecule has 0 aliphatic heterocycles. The van der Waals surface area contributed by atoms with E-state index in [-0.39, 0.29) is 0 Å². The molecule has 0 radical (unpaired) electrons. The lowest BCUT2D eigenvalue weighted by Crippen LogP contribution is -2.15. The van der Waals surface area contributed by atoms with Crippen molar-refractivity contribution >= 4 is 0 Å². The van der Waals surface area contributed by atoms with Gasteiger partial charge in [0.05, 0.1) is 6.61 Å². The first-order valence-corrected chi connectivity index (χ1v) is 6.29. The lowest BCUT2D eigenvalue weighted by Gasteiger charge is -2.10. The lowest BCUT2D eigenvalue weighted by molar-refractivity contribution is 0.281. The van der Waals surface area contributed by atoms with Crippen LogP contribution in [-0.2, 0) is 6.42 Å². The molecular formula is C14H24N2O. The van der Waals surface area contributed by atoms with E-state index < -0.39 is 0 Å². The largest absolute Gasteiger partial charge is 0.494 e. The predicted molar refractivity (Wildman–Crippen MR) is 72.5 cm³/mol. The van der Waals surface area contributed by atoms with Crippen LogP contribution in [0.4, 0.5) is 0 Å². The fraction of sp³-hybridized carbons (Fsp3) is 0.571. The smallest absolute Gasteiger partial charge is 0.119 e. The summed E-state index contributed by atoms with van der Waals surface area (Å²) in [5, 5.41) is 0. The number of nitrogens with two attached hydrogens (primary N) is 1. The summed E-state index contributed by atoms with van der Waals surface area (Å²) in [7, 11) is 4.15. The molecule has 0 bridgehead atoms. The molecule has 0 aliphatic rings. The topological polar surface area (TPSA) is 38.5 Å². The van der Waals surface area contributed by atoms with Crippen LogP contribution < -0.4 is 10.5 Å². The van der Waals surface area contributed by atoms with Crippen molar-refractivity contribution in [3.63, 3.8) is 0 Å². The minimum absolute atomic E-state index is 0.753. The third-order valence-electron chi connectivity index (χ3n) is 2.61. The second-order valence-electron chi connectivity index (χ2n) is 4.54. The molecule has 0 unspecified atom stereocenters. The van der Waals surface area contributed by atoms with Gasteiger partial charge in [0.2, 0.25) is 0 Å². The standard InChI is InChI=1S/C14H24N2O/c1-16(2)11-4-12-17-14-8-6-13(7-9-14)5-3-10-15/h6-9H,3-5,10-12,15H2,1-2H3. The minimum Gasteiger partial charge on any atom is -0.494 e. The van der Waals surface area contributed by atoms with E-state index in [0.29, 0.717) is 0 Å². The number of ether oxygens (including phenoxy) is 1. The molecule has 0 atom stereocenters. The quantitative estimate of drug-likeness (QED) is 0.701. The maximum atomic E-state index is 5.66. The molecule has 0 aromatic heterocycles. The van der Waals surface area contributed by atoms with Crippen LogP contribution in [0.1, 0.15) is 18.4 Å². The zero-order valence-electron chi connectivity index (χ0n) is 11.0. The average molecular weight is 236 g/mol. The second-order valence-corrected chi connectivity index (χ2v) is 4.54. The van der Waals surface area contributed by atoms with Gasteiger partial charge in [0.1, 0.15) is 5.75 Å². The number of nitrogens with zero attached hydrogens (tertiary/aromatic N) is 1. The molecule has 0 heterocycles. The van der Waals surface area contributed by atoms with Crippen LogP contribution in [-0.4, -0.2) is 38.7 Å². The number of benzene rings is 1. The summed E-state index contributed by atoms with van der Waals surface area (Å²) < 4.78 is 5.66. The first-order chi connectivity index (χ1) is 8.22. The molecule has 96 valence electrons. The molecule has 3 nitrogen and oxygen atoms in total. The van der Waals surface area contributed by atoms with Gasteiger partial charge >= 0.3 is 0 Å². The van der Waals surface area contributed by atoms with Crippen molar-refractivity contribution in [3.05, 3.63) is 29.8 Å². The first-order valence-electron chi connectivity index (χ1n) is 6.29. The highest BCUT2D eigenvalue weighted by atomic mass is 16.5. The fourth-order valence-electron chi connectivity index (χ4n) is 1.63. The Kier molecular flexibility index (Phi) is 6.67. The zero-order chi connectivity index (χ0) is 12.5. The molecule has 0 fully saturated rings. The van der Waals surface area contributed by atoms with Crippen molar-refractivity contribution < 1.29 is 4.74 Å². The molecule has 0 amide bonds. The maximum absolute atomic E-state index is 5.66. The number of hydrogen-bond donors (Lipinski definition) is 1. The molecule has 1 aromatic carbocycles. The highest BCUT2D eigenvalue weighted by Gasteiger charge is 1.96. The van der Waals surface area contributed by atoms with E-state index >= 15 is 0 Å². The Bertz CT molecular complexity index is 296. The predicted octanol–water partition coefficient (Wildman–Crippen LogP) is 1.91. The Morgan fingerprint density at radius 2 is 1.82 bits per heavy atom. The van der Waals surface area contributed by atoms with Gasteiger partial charge in [-0.3, -0.25) is 0 Å². The summed E-state index contributed by atoms with van der Waals surface area (Å²) in [6.45, 7) is 2.59. The summed E-state index contributed by atoms with van der Waals surface area (Å²) in [6, 6.07) is 8.33. The van der Waals surface area contributed by atoms with Gasteiger partial charge < -0.3 is 15.4 Å². The molecule has 1 aromatic rings. The van der Waals surface area contributed by atoms with E-state index in [1.165, 1.54) is 5.56 Å². The number of aryl methyl sites for hydroxylation is 1. The normalized spacial score (nSPS) is 10.8. The van der Waals surface area contributed by atoms with Crippen molar-refractivity contribution in [3.8, 4) is 5.75 Å². The average Bonchev–Trinajstić information content (AvgIpc) is 2.33. The summed E-state index contributed by atoms with van der Waals surface area (Å²) in [6.07, 6.45) is 3.16. The number of rotatable bonds is 8. The zero-order valence-corrected chi connectivity index (χ0v) is 11.0. The van der Waals surface area contributed by atoms with Crippen molar-refractivity contribution in [2.45, 2.75) is 19.3 Å². The second kappa shape index (κ2) is 8.09. The number of hydrogen-bond acceptors (Lipinski definition) is 3. The first kappa shape index (κ1) is 14.0. The Balaban J connectivity index is 2.25. The molecule has 1 rings (SSSR count). The summed E-state index contributed by atoms with van der Waals surface area (Å²) in [5.41, 5.74) is 6.81. The van der Waals surface area contributed by atoms with E-state index in [1.54, 1.807) is 0 Å². The van der Waals surface area contributed by atoms with Crippen LogP contribution in [0.15, 0.2) is 24.3 Å². The van der Waals surface area contributed by atoms with Crippen molar-refractivity contribution in [2.24, 2.45) is 5.73 Å². The van der Waals surface area contributed by atoms with Crippen molar-refractivity contribution in [2.75, 3.05) is 33.8 Å². The summed E-state index contributed by atoms with van der Waals surface area (Å²) in [4.78, 5) is 2.17. The van der Waals surface area contributed by atoms with Gasteiger partial charge in [-0.2, -0.15) is 0 Å². The van der Waals surface area contributed by atoms with Gasteiger partial charge in [0.25, 0.3) is 0 Å². The molecule has 0 spiro atoms. The van der Waals surface area contributed by atoms with Crippen LogP contribution in [0, 0.1) is 0 Å². The van der Waals surface area contributed by atoms with Gasteiger partial charge in [-0.25, -0.2) is 0 Å². The summed E-state index contributed by atoms with van der Waals surface area (Å²) >= 11 is 0. The van der Waals surface area contributed by atoms with Crippen LogP contribution in [0.3, 0.4) is 0 Å². The molecule has 0 aliphatic carbocycles. The highest BCUT2D eigenvalue weighted by Crippen LogP contribution is 2.13.